The van der Waals surface area contributed by atoms with Crippen LogP contribution in [0.25, 0.3) is 0 Å². The Balaban J connectivity index is 2.80. The Morgan fingerprint density at radius 3 is 2.05 bits per heavy atom. The Morgan fingerprint density at radius 2 is 1.55 bits per heavy atom. The minimum Gasteiger partial charge on any atom is -0.496 e. The van der Waals surface area contributed by atoms with Crippen LogP contribution in [0.3, 0.4) is 0 Å². The van der Waals surface area contributed by atoms with Gasteiger partial charge in [-0.2, -0.15) is 0 Å². The summed E-state index contributed by atoms with van der Waals surface area (Å²) in [5.74, 6) is 0.0341. The van der Waals surface area contributed by atoms with Crippen molar-refractivity contribution in [2.45, 2.75) is 26.7 Å². The van der Waals surface area contributed by atoms with Gasteiger partial charge in [-0.25, -0.2) is 0 Å². The summed E-state index contributed by atoms with van der Waals surface area (Å²) in [6.07, 6.45) is 1.20. The number of carbonyl (C=O) groups is 2. The van der Waals surface area contributed by atoms with Gasteiger partial charge >= 0.3 is 0 Å². The molecule has 3 nitrogen and oxygen atoms in total. The molecule has 114 valence electrons. The fourth-order valence-electron chi connectivity index (χ4n) is 2.64. The van der Waals surface area contributed by atoms with Crippen molar-refractivity contribution in [3.8, 4) is 5.75 Å². The Hall–Kier alpha value is -2.42. The van der Waals surface area contributed by atoms with Crippen LogP contribution in [0.5, 0.6) is 5.75 Å². The number of carbonyl (C=O) groups excluding carboxylic acids is 2. The fraction of sp³-hybridized carbons (Fsp3) is 0.263. The first-order valence-corrected chi connectivity index (χ1v) is 7.34. The van der Waals surface area contributed by atoms with E-state index in [9.17, 15) is 9.59 Å². The average Bonchev–Trinajstić information content (AvgIpc) is 2.55. The molecular formula is C19H20O3. The zero-order chi connectivity index (χ0) is 16.4. The van der Waals surface area contributed by atoms with Gasteiger partial charge in [0, 0.05) is 16.7 Å². The number of fused-ring (bicyclic) bond motifs is 1. The molecule has 0 aromatic heterocycles. The van der Waals surface area contributed by atoms with Gasteiger partial charge in [-0.15, -0.1) is 0 Å². The Kier molecular flexibility index (Phi) is 4.45. The Labute approximate surface area is 131 Å². The molecular weight excluding hydrogens is 276 g/mol. The third-order valence-electron chi connectivity index (χ3n) is 3.98. The second-order valence-corrected chi connectivity index (χ2v) is 5.21. The summed E-state index contributed by atoms with van der Waals surface area (Å²) >= 11 is 0. The van der Waals surface area contributed by atoms with E-state index in [1.54, 1.807) is 18.2 Å². The van der Waals surface area contributed by atoms with Crippen LogP contribution >= 0.6 is 0 Å². The smallest absolute Gasteiger partial charge is 0.198 e. The predicted molar refractivity (Wildman–Crippen MR) is 87.5 cm³/mol. The molecule has 0 radical (unpaired) electrons. The number of hydrogen-bond acceptors (Lipinski definition) is 3. The second kappa shape index (κ2) is 6.14. The number of methoxy groups -OCH3 is 1. The van der Waals surface area contributed by atoms with Crippen molar-refractivity contribution in [3.63, 3.8) is 0 Å². The van der Waals surface area contributed by atoms with Gasteiger partial charge in [-0.1, -0.05) is 39.1 Å². The van der Waals surface area contributed by atoms with Gasteiger partial charge in [0.15, 0.2) is 11.6 Å². The first-order valence-electron chi connectivity index (χ1n) is 7.34. The standard InChI is InChI=1S/C19H20O3/c1-6-11(3)15-16(12(4)7-2)19(21)17-13(18(15)20)9-8-10-14(17)22-5/h8-10H,3-4,6-7H2,1-2,5H3. The van der Waals surface area contributed by atoms with Gasteiger partial charge in [0.05, 0.1) is 12.7 Å². The first kappa shape index (κ1) is 16.0. The molecule has 0 heterocycles. The van der Waals surface area contributed by atoms with Gasteiger partial charge < -0.3 is 4.74 Å². The molecule has 1 aliphatic carbocycles. The molecule has 0 unspecified atom stereocenters. The van der Waals surface area contributed by atoms with Crippen LogP contribution in [-0.4, -0.2) is 18.7 Å². The van der Waals surface area contributed by atoms with E-state index in [0.717, 1.165) is 0 Å². The third kappa shape index (κ3) is 2.33. The van der Waals surface area contributed by atoms with Gasteiger partial charge in [-0.05, 0) is 30.1 Å². The van der Waals surface area contributed by atoms with Crippen molar-refractivity contribution in [1.82, 2.24) is 0 Å². The van der Waals surface area contributed by atoms with Crippen molar-refractivity contribution in [1.29, 1.82) is 0 Å². The maximum Gasteiger partial charge on any atom is 0.198 e. The largest absolute Gasteiger partial charge is 0.496 e. The number of Topliss-reactive ketones (excluding diaryl/α,β-unsaturated/α-hetero) is 2. The molecule has 22 heavy (non-hydrogen) atoms. The quantitative estimate of drug-likeness (QED) is 0.813. The number of ether oxygens (including phenoxy) is 1. The lowest BCUT2D eigenvalue weighted by atomic mass is 9.77. The Morgan fingerprint density at radius 1 is 1.00 bits per heavy atom. The molecule has 0 saturated heterocycles. The van der Waals surface area contributed by atoms with Crippen LogP contribution < -0.4 is 4.74 Å². The Bertz CT molecular complexity index is 720. The van der Waals surface area contributed by atoms with Crippen LogP contribution in [0.2, 0.25) is 0 Å². The van der Waals surface area contributed by atoms with E-state index in [-0.39, 0.29) is 11.6 Å². The molecule has 0 atom stereocenters. The number of rotatable bonds is 5. The van der Waals surface area contributed by atoms with E-state index in [0.29, 0.717) is 52.0 Å². The van der Waals surface area contributed by atoms with Crippen LogP contribution in [0.1, 0.15) is 47.4 Å². The first-order chi connectivity index (χ1) is 10.5. The monoisotopic (exact) mass is 296 g/mol. The van der Waals surface area contributed by atoms with E-state index >= 15 is 0 Å². The third-order valence-corrected chi connectivity index (χ3v) is 3.98. The summed E-state index contributed by atoms with van der Waals surface area (Å²) in [4.78, 5) is 25.9. The molecule has 1 aromatic rings. The topological polar surface area (TPSA) is 43.4 Å². The highest BCUT2D eigenvalue weighted by Gasteiger charge is 2.35. The van der Waals surface area contributed by atoms with Crippen LogP contribution in [0, 0.1) is 0 Å². The second-order valence-electron chi connectivity index (χ2n) is 5.21. The summed E-state index contributed by atoms with van der Waals surface area (Å²) < 4.78 is 5.27. The molecule has 0 fully saturated rings. The van der Waals surface area contributed by atoms with Gasteiger partial charge in [0.1, 0.15) is 5.75 Å². The van der Waals surface area contributed by atoms with Crippen molar-refractivity contribution in [2.24, 2.45) is 0 Å². The minimum absolute atomic E-state index is 0.176. The van der Waals surface area contributed by atoms with E-state index < -0.39 is 0 Å². The molecule has 0 spiro atoms. The highest BCUT2D eigenvalue weighted by atomic mass is 16.5. The van der Waals surface area contributed by atoms with E-state index in [4.69, 9.17) is 4.74 Å². The summed E-state index contributed by atoms with van der Waals surface area (Å²) in [5, 5.41) is 0. The lowest BCUT2D eigenvalue weighted by Gasteiger charge is -2.24. The predicted octanol–water partition coefficient (Wildman–Crippen LogP) is 4.30. The van der Waals surface area contributed by atoms with Gasteiger partial charge in [-0.3, -0.25) is 9.59 Å². The summed E-state index contributed by atoms with van der Waals surface area (Å²) in [6.45, 7) is 11.8. The number of benzene rings is 1. The average molecular weight is 296 g/mol. The van der Waals surface area contributed by atoms with Crippen LogP contribution in [-0.2, 0) is 0 Å². The fourth-order valence-corrected chi connectivity index (χ4v) is 2.64. The highest BCUT2D eigenvalue weighted by molar-refractivity contribution is 6.30. The maximum absolute atomic E-state index is 13.0. The summed E-state index contributed by atoms with van der Waals surface area (Å²) in [6, 6.07) is 5.07. The molecule has 0 N–H and O–H groups in total. The van der Waals surface area contributed by atoms with Crippen molar-refractivity contribution in [2.75, 3.05) is 7.11 Å². The van der Waals surface area contributed by atoms with Gasteiger partial charge in [0.25, 0.3) is 0 Å². The molecule has 1 aliphatic rings. The lowest BCUT2D eigenvalue weighted by Crippen LogP contribution is -2.24. The number of hydrogen-bond donors (Lipinski definition) is 0. The summed E-state index contributed by atoms with van der Waals surface area (Å²) in [7, 11) is 1.49. The summed E-state index contributed by atoms with van der Waals surface area (Å²) in [5.41, 5.74) is 2.81. The highest BCUT2D eigenvalue weighted by Crippen LogP contribution is 2.38. The number of ketones is 2. The van der Waals surface area contributed by atoms with Crippen molar-refractivity contribution < 1.29 is 14.3 Å². The molecule has 0 aliphatic heterocycles. The number of allylic oxidation sites excluding steroid dienone is 4. The van der Waals surface area contributed by atoms with Crippen molar-refractivity contribution >= 4 is 11.6 Å². The zero-order valence-corrected chi connectivity index (χ0v) is 13.3. The molecule has 2 rings (SSSR count). The zero-order valence-electron chi connectivity index (χ0n) is 13.3. The van der Waals surface area contributed by atoms with Crippen LogP contribution in [0.4, 0.5) is 0 Å². The van der Waals surface area contributed by atoms with E-state index in [1.165, 1.54) is 7.11 Å². The minimum atomic E-state index is -0.205. The molecule has 0 saturated carbocycles. The SMILES string of the molecule is C=C(CC)C1=C(C(=C)CC)C(=O)c2c(OC)cccc2C1=O. The normalized spacial score (nSPS) is 14.0. The molecule has 1 aromatic carbocycles. The molecule has 3 heteroatoms. The molecule has 0 bridgehead atoms. The van der Waals surface area contributed by atoms with Crippen molar-refractivity contribution in [3.05, 3.63) is 64.8 Å². The van der Waals surface area contributed by atoms with Crippen LogP contribution in [0.15, 0.2) is 53.6 Å². The molecule has 0 amide bonds. The van der Waals surface area contributed by atoms with Gasteiger partial charge in [0.2, 0.25) is 0 Å². The van der Waals surface area contributed by atoms with E-state index in [2.05, 4.69) is 13.2 Å². The van der Waals surface area contributed by atoms with E-state index in [1.807, 2.05) is 13.8 Å². The maximum atomic E-state index is 13.0. The lowest BCUT2D eigenvalue weighted by molar-refractivity contribution is 0.0975.